The molecule has 0 aliphatic carbocycles. The number of hydrogen-bond donors (Lipinski definition) is 6. The zero-order chi connectivity index (χ0) is 61.7. The van der Waals surface area contributed by atoms with E-state index in [0.29, 0.717) is 97.0 Å². The van der Waals surface area contributed by atoms with Gasteiger partial charge in [-0.3, -0.25) is 28.8 Å². The smallest absolute Gasteiger partial charge is 0.251 e. The number of H-pyrrole nitrogens is 2. The molecule has 0 saturated carbocycles. The van der Waals surface area contributed by atoms with Crippen molar-refractivity contribution in [1.82, 2.24) is 31.2 Å². The van der Waals surface area contributed by atoms with Crippen LogP contribution >= 0.6 is 0 Å². The first kappa shape index (κ1) is 63.2. The number of pyridine rings is 2. The predicted octanol–water partition coefficient (Wildman–Crippen LogP) is 7.47. The fourth-order valence-electron chi connectivity index (χ4n) is 11.0. The molecule has 18 heteroatoms. The van der Waals surface area contributed by atoms with Crippen LogP contribution in [0.2, 0.25) is 0 Å². The highest BCUT2D eigenvalue weighted by atomic mass is 19.1. The standard InChI is InChI=1S/C68H76F2N8O8/c1-9-53(71-7)63(81)73-55(65(83)77-41-67(3,4)59-57(77)39-47(61(79)75-59)37-45-15-25-49(69)26-16-45)33-23-43-19-29-51(30-20-43)85-35-13-11-12-14-36-86-52-31-21-44(22-32-52)24-34-56(74-64(82)54(10-2)72-8)66(84)78-42-68(5,6)60-58(78)40-48(62(80)76-60)38-46-17-27-50(70)28-18-46/h15-22,25-32,39-40,53-56,71-72H,9-10,23-24,33-38,41-42H2,1-8H3,(H,73,81)(H,74,82)(H,75,79)(H,76,80)/t53-,54-,55-,56-/m0/s1. The number of amides is 4. The summed E-state index contributed by atoms with van der Waals surface area (Å²) in [7, 11) is 3.41. The van der Waals surface area contributed by atoms with Crippen LogP contribution in [0.15, 0.2) is 119 Å². The van der Waals surface area contributed by atoms with Gasteiger partial charge in [-0.1, -0.05) is 90.1 Å². The first-order valence-corrected chi connectivity index (χ1v) is 29.2. The maximum Gasteiger partial charge on any atom is 0.251 e. The van der Waals surface area contributed by atoms with Crippen molar-refractivity contribution >= 4 is 35.0 Å². The topological polar surface area (TPSA) is 207 Å². The molecule has 2 aliphatic rings. The number of ether oxygens (including phenoxy) is 2. The van der Waals surface area contributed by atoms with Crippen LogP contribution in [0.25, 0.3) is 0 Å². The molecule has 6 N–H and O–H groups in total. The summed E-state index contributed by atoms with van der Waals surface area (Å²) in [6.45, 7) is 12.4. The number of carbonyl (C=O) groups excluding carboxylic acids is 4. The second-order valence-corrected chi connectivity index (χ2v) is 23.2. The summed E-state index contributed by atoms with van der Waals surface area (Å²) in [5.41, 5.74) is 4.95. The Morgan fingerprint density at radius 1 is 0.547 bits per heavy atom. The van der Waals surface area contributed by atoms with Crippen molar-refractivity contribution in [3.8, 4) is 35.2 Å². The summed E-state index contributed by atoms with van der Waals surface area (Å²) in [5.74, 6) is 10.6. The minimum absolute atomic E-state index is 0.0856. The number of likely N-dealkylation sites (N-methyl/N-ethyl adjacent to an activating group) is 2. The number of aryl methyl sites for hydroxylation is 2. The Morgan fingerprint density at radius 2 is 0.895 bits per heavy atom. The van der Waals surface area contributed by atoms with Crippen LogP contribution in [-0.2, 0) is 55.7 Å². The minimum Gasteiger partial charge on any atom is -0.481 e. The predicted molar refractivity (Wildman–Crippen MR) is 330 cm³/mol. The zero-order valence-electron chi connectivity index (χ0n) is 50.1. The van der Waals surface area contributed by atoms with Crippen molar-refractivity contribution in [2.24, 2.45) is 0 Å². The molecule has 4 atom stereocenters. The third-order valence-electron chi connectivity index (χ3n) is 15.9. The van der Waals surface area contributed by atoms with Gasteiger partial charge in [0, 0.05) is 59.3 Å². The van der Waals surface area contributed by atoms with E-state index < -0.39 is 35.0 Å². The van der Waals surface area contributed by atoms with Crippen LogP contribution < -0.4 is 51.7 Å². The van der Waals surface area contributed by atoms with Crippen molar-refractivity contribution in [1.29, 1.82) is 0 Å². The van der Waals surface area contributed by atoms with Crippen molar-refractivity contribution in [2.45, 2.75) is 128 Å². The monoisotopic (exact) mass is 1170 g/mol. The van der Waals surface area contributed by atoms with Gasteiger partial charge < -0.3 is 50.5 Å². The van der Waals surface area contributed by atoms with Crippen LogP contribution in [0.3, 0.4) is 0 Å². The summed E-state index contributed by atoms with van der Waals surface area (Å²) in [6.07, 6.45) is 3.07. The maximum atomic E-state index is 14.6. The first-order chi connectivity index (χ1) is 41.2. The lowest BCUT2D eigenvalue weighted by atomic mass is 9.91. The number of aromatic nitrogens is 2. The average molecular weight is 1170 g/mol. The normalized spacial score (nSPS) is 14.9. The molecule has 2 aromatic heterocycles. The third kappa shape index (κ3) is 15.7. The molecule has 0 bridgehead atoms. The van der Waals surface area contributed by atoms with Crippen LogP contribution in [-0.4, -0.2) is 98.2 Å². The molecule has 0 unspecified atom stereocenters. The third-order valence-corrected chi connectivity index (χ3v) is 15.9. The highest BCUT2D eigenvalue weighted by molar-refractivity contribution is 6.02. The Labute approximate surface area is 501 Å². The van der Waals surface area contributed by atoms with Gasteiger partial charge in [0.1, 0.15) is 48.4 Å². The van der Waals surface area contributed by atoms with Gasteiger partial charge in [-0.2, -0.15) is 0 Å². The lowest BCUT2D eigenvalue weighted by molar-refractivity contribution is -0.129. The van der Waals surface area contributed by atoms with E-state index in [1.165, 1.54) is 24.3 Å². The fourth-order valence-corrected chi connectivity index (χ4v) is 11.0. The van der Waals surface area contributed by atoms with Crippen LogP contribution in [0.1, 0.15) is 112 Å². The number of rotatable bonds is 24. The van der Waals surface area contributed by atoms with Crippen LogP contribution in [0.5, 0.6) is 11.5 Å². The highest BCUT2D eigenvalue weighted by Gasteiger charge is 2.43. The molecule has 4 amide bonds. The van der Waals surface area contributed by atoms with Crippen molar-refractivity contribution < 1.29 is 37.4 Å². The largest absolute Gasteiger partial charge is 0.481 e. The molecular formula is C68H76F2N8O8. The van der Waals surface area contributed by atoms with Crippen molar-refractivity contribution in [2.75, 3.05) is 50.2 Å². The Morgan fingerprint density at radius 3 is 1.23 bits per heavy atom. The molecule has 4 heterocycles. The van der Waals surface area contributed by atoms with E-state index in [0.717, 1.165) is 22.3 Å². The maximum absolute atomic E-state index is 14.6. The van der Waals surface area contributed by atoms with Gasteiger partial charge in [-0.05, 0) is 159 Å². The molecule has 2 aliphatic heterocycles. The number of anilines is 2. The SMILES string of the molecule is CC[C@H](NC)C(=O)N[C@@H](CCc1ccc(OCC#CC#CCOc2ccc(CC[C@H](NC(=O)[C@H](CC)NC)C(=O)N3CC(C)(C)c4[nH]c(=O)c(Cc5ccc(F)cc5)cc43)cc2)cc1)C(=O)N1CC(C)(C)c2[nH]c(=O)c(Cc3ccc(F)cc3)cc21. The number of carbonyl (C=O) groups is 4. The van der Waals surface area contributed by atoms with E-state index in [4.69, 9.17) is 9.47 Å². The Balaban J connectivity index is 0.830. The molecule has 86 heavy (non-hydrogen) atoms. The molecule has 0 saturated heterocycles. The van der Waals surface area contributed by atoms with E-state index in [-0.39, 0.29) is 72.4 Å². The Kier molecular flexibility index (Phi) is 20.8. The van der Waals surface area contributed by atoms with Gasteiger partial charge >= 0.3 is 0 Å². The molecule has 16 nitrogen and oxygen atoms in total. The van der Waals surface area contributed by atoms with Crippen molar-refractivity contribution in [3.05, 3.63) is 186 Å². The van der Waals surface area contributed by atoms with Crippen molar-refractivity contribution in [3.63, 3.8) is 0 Å². The van der Waals surface area contributed by atoms with E-state index >= 15 is 0 Å². The van der Waals surface area contributed by atoms with E-state index in [2.05, 4.69) is 54.9 Å². The van der Waals surface area contributed by atoms with E-state index in [9.17, 15) is 37.5 Å². The molecule has 6 aromatic rings. The minimum atomic E-state index is -0.879. The number of aromatic amines is 2. The summed E-state index contributed by atoms with van der Waals surface area (Å²) in [4.78, 5) is 92.1. The second-order valence-electron chi connectivity index (χ2n) is 23.2. The molecule has 450 valence electrons. The number of fused-ring (bicyclic) bond motifs is 2. The number of nitrogens with zero attached hydrogens (tertiary/aromatic N) is 2. The Hall–Kier alpha value is -8.84. The molecular weight excluding hydrogens is 1090 g/mol. The molecule has 0 radical (unpaired) electrons. The zero-order valence-corrected chi connectivity index (χ0v) is 50.1. The summed E-state index contributed by atoms with van der Waals surface area (Å²) in [5, 5.41) is 12.1. The molecule has 0 spiro atoms. The van der Waals surface area contributed by atoms with E-state index in [1.54, 1.807) is 60.3 Å². The molecule has 8 rings (SSSR count). The summed E-state index contributed by atoms with van der Waals surface area (Å²) in [6, 6.07) is 27.5. The highest BCUT2D eigenvalue weighted by Crippen LogP contribution is 2.41. The number of halogens is 2. The first-order valence-electron chi connectivity index (χ1n) is 29.2. The van der Waals surface area contributed by atoms with Crippen LogP contribution in [0, 0.1) is 35.3 Å². The van der Waals surface area contributed by atoms with Gasteiger partial charge in [0.15, 0.2) is 0 Å². The quantitative estimate of drug-likeness (QED) is 0.0330. The number of benzene rings is 4. The van der Waals surface area contributed by atoms with Crippen LogP contribution in [0.4, 0.5) is 20.2 Å². The lowest BCUT2D eigenvalue weighted by Crippen LogP contribution is -2.53. The summed E-state index contributed by atoms with van der Waals surface area (Å²) < 4.78 is 39.0. The Bertz CT molecular complexity index is 3400. The second kappa shape index (κ2) is 28.4. The van der Waals surface area contributed by atoms with Gasteiger partial charge in [-0.25, -0.2) is 8.78 Å². The van der Waals surface area contributed by atoms with Gasteiger partial charge in [0.05, 0.1) is 23.5 Å². The van der Waals surface area contributed by atoms with Gasteiger partial charge in [-0.15, -0.1) is 0 Å². The van der Waals surface area contributed by atoms with Gasteiger partial charge in [0.2, 0.25) is 23.6 Å². The number of hydrogen-bond acceptors (Lipinski definition) is 10. The molecule has 0 fully saturated rings. The number of nitrogens with one attached hydrogen (secondary N) is 6. The van der Waals surface area contributed by atoms with E-state index in [1.807, 2.05) is 90.1 Å². The fraction of sp³-hybridized carbons (Fsp3) is 0.382. The molecule has 4 aromatic carbocycles. The van der Waals surface area contributed by atoms with Gasteiger partial charge in [0.25, 0.3) is 11.1 Å². The lowest BCUT2D eigenvalue weighted by Gasteiger charge is -2.27. The average Bonchev–Trinajstić information content (AvgIpc) is 2.13. The summed E-state index contributed by atoms with van der Waals surface area (Å²) >= 11 is 0.